The van der Waals surface area contributed by atoms with Crippen LogP contribution < -0.4 is 10.1 Å². The van der Waals surface area contributed by atoms with Crippen molar-refractivity contribution in [3.8, 4) is 5.75 Å². The molecule has 1 amide bonds. The number of carbonyl (C=O) groups is 2. The van der Waals surface area contributed by atoms with E-state index in [1.807, 2.05) is 0 Å². The van der Waals surface area contributed by atoms with Crippen molar-refractivity contribution in [3.05, 3.63) is 23.8 Å². The standard InChI is InChI=1S/C10H9NO3/c1-14-6-2-3-7-8(5-12)10(13)11-9(7)4-6/h2-5,8H,1H3,(H,11,13)/t8-/m1/s1. The van der Waals surface area contributed by atoms with Crippen LogP contribution in [-0.2, 0) is 9.59 Å². The van der Waals surface area contributed by atoms with E-state index in [0.29, 0.717) is 23.3 Å². The van der Waals surface area contributed by atoms with Gasteiger partial charge in [-0.05, 0) is 11.6 Å². The Bertz CT molecular complexity index is 400. The first-order chi connectivity index (χ1) is 6.76. The van der Waals surface area contributed by atoms with Gasteiger partial charge in [0.1, 0.15) is 18.0 Å². The van der Waals surface area contributed by atoms with E-state index in [0.717, 1.165) is 0 Å². The minimum atomic E-state index is -0.670. The zero-order valence-corrected chi connectivity index (χ0v) is 7.61. The summed E-state index contributed by atoms with van der Waals surface area (Å²) in [6.45, 7) is 0. The van der Waals surface area contributed by atoms with Gasteiger partial charge < -0.3 is 14.8 Å². The van der Waals surface area contributed by atoms with Gasteiger partial charge in [0.25, 0.3) is 0 Å². The molecule has 2 rings (SSSR count). The maximum absolute atomic E-state index is 11.3. The second-order valence-corrected chi connectivity index (χ2v) is 3.06. The van der Waals surface area contributed by atoms with Gasteiger partial charge in [-0.3, -0.25) is 4.79 Å². The number of nitrogens with one attached hydrogen (secondary N) is 1. The first kappa shape index (κ1) is 8.74. The molecule has 0 unspecified atom stereocenters. The summed E-state index contributed by atoms with van der Waals surface area (Å²) in [6.07, 6.45) is 0.646. The number of carbonyl (C=O) groups excluding carboxylic acids is 2. The van der Waals surface area contributed by atoms with E-state index < -0.39 is 5.92 Å². The molecule has 1 aliphatic heterocycles. The van der Waals surface area contributed by atoms with Crippen molar-refractivity contribution in [1.82, 2.24) is 0 Å². The summed E-state index contributed by atoms with van der Waals surface area (Å²) in [5, 5.41) is 2.62. The molecule has 1 atom stereocenters. The van der Waals surface area contributed by atoms with Crippen molar-refractivity contribution in [2.24, 2.45) is 0 Å². The number of rotatable bonds is 2. The Morgan fingerprint density at radius 2 is 2.29 bits per heavy atom. The molecular weight excluding hydrogens is 182 g/mol. The molecule has 4 heteroatoms. The first-order valence-electron chi connectivity index (χ1n) is 4.20. The van der Waals surface area contributed by atoms with Crippen molar-refractivity contribution in [3.63, 3.8) is 0 Å². The zero-order valence-electron chi connectivity index (χ0n) is 7.61. The molecule has 1 N–H and O–H groups in total. The van der Waals surface area contributed by atoms with E-state index >= 15 is 0 Å². The van der Waals surface area contributed by atoms with Gasteiger partial charge in [0.2, 0.25) is 5.91 Å². The lowest BCUT2D eigenvalue weighted by molar-refractivity contribution is -0.121. The Balaban J connectivity index is 2.47. The van der Waals surface area contributed by atoms with Gasteiger partial charge >= 0.3 is 0 Å². The Morgan fingerprint density at radius 1 is 1.50 bits per heavy atom. The number of ether oxygens (including phenoxy) is 1. The maximum atomic E-state index is 11.3. The Hall–Kier alpha value is -1.84. The Labute approximate surface area is 80.9 Å². The van der Waals surface area contributed by atoms with Crippen molar-refractivity contribution in [2.45, 2.75) is 5.92 Å². The van der Waals surface area contributed by atoms with Gasteiger partial charge in [-0.1, -0.05) is 6.07 Å². The number of hydrogen-bond donors (Lipinski definition) is 1. The largest absolute Gasteiger partial charge is 0.497 e. The van der Waals surface area contributed by atoms with Crippen LogP contribution in [0, 0.1) is 0 Å². The normalized spacial score (nSPS) is 18.6. The molecule has 0 radical (unpaired) electrons. The molecule has 0 saturated carbocycles. The minimum Gasteiger partial charge on any atom is -0.497 e. The fraction of sp³-hybridized carbons (Fsp3) is 0.200. The highest BCUT2D eigenvalue weighted by atomic mass is 16.5. The summed E-state index contributed by atoms with van der Waals surface area (Å²) in [7, 11) is 1.55. The third-order valence-electron chi connectivity index (χ3n) is 2.27. The Morgan fingerprint density at radius 3 is 2.93 bits per heavy atom. The average Bonchev–Trinajstić information content (AvgIpc) is 2.51. The lowest BCUT2D eigenvalue weighted by Gasteiger charge is -2.02. The number of aldehydes is 1. The van der Waals surface area contributed by atoms with Crippen LogP contribution in [0.5, 0.6) is 5.75 Å². The fourth-order valence-corrected chi connectivity index (χ4v) is 1.53. The molecule has 0 spiro atoms. The fourth-order valence-electron chi connectivity index (χ4n) is 1.53. The zero-order chi connectivity index (χ0) is 10.1. The van der Waals surface area contributed by atoms with Crippen molar-refractivity contribution >= 4 is 17.9 Å². The summed E-state index contributed by atoms with van der Waals surface area (Å²) < 4.78 is 5.00. The second-order valence-electron chi connectivity index (χ2n) is 3.06. The summed E-state index contributed by atoms with van der Waals surface area (Å²) in [5.41, 5.74) is 1.37. The molecule has 1 aromatic rings. The number of amides is 1. The maximum Gasteiger partial charge on any atom is 0.239 e. The van der Waals surface area contributed by atoms with Gasteiger partial charge in [0.15, 0.2) is 0 Å². The van der Waals surface area contributed by atoms with E-state index in [2.05, 4.69) is 5.32 Å². The van der Waals surface area contributed by atoms with Crippen LogP contribution in [0.3, 0.4) is 0 Å². The molecule has 14 heavy (non-hydrogen) atoms. The predicted molar refractivity (Wildman–Crippen MR) is 50.4 cm³/mol. The van der Waals surface area contributed by atoms with E-state index in [1.165, 1.54) is 0 Å². The van der Waals surface area contributed by atoms with E-state index in [9.17, 15) is 9.59 Å². The highest BCUT2D eigenvalue weighted by molar-refractivity contribution is 6.11. The van der Waals surface area contributed by atoms with Crippen LogP contribution in [0.2, 0.25) is 0 Å². The molecule has 0 bridgehead atoms. The molecule has 0 aliphatic carbocycles. The van der Waals surface area contributed by atoms with Gasteiger partial charge in [0.05, 0.1) is 7.11 Å². The lowest BCUT2D eigenvalue weighted by atomic mass is 10.0. The van der Waals surface area contributed by atoms with E-state index in [1.54, 1.807) is 25.3 Å². The number of fused-ring (bicyclic) bond motifs is 1. The quantitative estimate of drug-likeness (QED) is 0.558. The summed E-state index contributed by atoms with van der Waals surface area (Å²) in [4.78, 5) is 21.9. The summed E-state index contributed by atoms with van der Waals surface area (Å²) in [6, 6.07) is 5.16. The number of hydrogen-bond acceptors (Lipinski definition) is 3. The van der Waals surface area contributed by atoms with Crippen LogP contribution in [-0.4, -0.2) is 19.3 Å². The van der Waals surface area contributed by atoms with Gasteiger partial charge in [-0.25, -0.2) is 0 Å². The molecule has 0 fully saturated rings. The van der Waals surface area contributed by atoms with Crippen molar-refractivity contribution < 1.29 is 14.3 Å². The van der Waals surface area contributed by atoms with Gasteiger partial charge in [0, 0.05) is 11.8 Å². The SMILES string of the molecule is COc1ccc2c(c1)NC(=O)[C@@H]2C=O. The molecule has 1 heterocycles. The average molecular weight is 191 g/mol. The summed E-state index contributed by atoms with van der Waals surface area (Å²) in [5.74, 6) is -0.283. The van der Waals surface area contributed by atoms with E-state index in [-0.39, 0.29) is 5.91 Å². The number of benzene rings is 1. The lowest BCUT2D eigenvalue weighted by Crippen LogP contribution is -2.12. The molecule has 1 aliphatic rings. The van der Waals surface area contributed by atoms with Crippen LogP contribution >= 0.6 is 0 Å². The van der Waals surface area contributed by atoms with Gasteiger partial charge in [-0.15, -0.1) is 0 Å². The predicted octanol–water partition coefficient (Wildman–Crippen LogP) is 0.930. The van der Waals surface area contributed by atoms with E-state index in [4.69, 9.17) is 4.74 Å². The summed E-state index contributed by atoms with van der Waals surface area (Å²) >= 11 is 0. The van der Waals surface area contributed by atoms with Gasteiger partial charge in [-0.2, -0.15) is 0 Å². The second kappa shape index (κ2) is 3.14. The van der Waals surface area contributed by atoms with Crippen LogP contribution in [0.25, 0.3) is 0 Å². The third-order valence-corrected chi connectivity index (χ3v) is 2.27. The molecule has 0 saturated heterocycles. The minimum absolute atomic E-state index is 0.275. The highest BCUT2D eigenvalue weighted by Gasteiger charge is 2.30. The first-order valence-corrected chi connectivity index (χ1v) is 4.20. The van der Waals surface area contributed by atoms with Crippen molar-refractivity contribution in [2.75, 3.05) is 12.4 Å². The smallest absolute Gasteiger partial charge is 0.239 e. The third kappa shape index (κ3) is 1.16. The number of methoxy groups -OCH3 is 1. The molecule has 0 aromatic heterocycles. The van der Waals surface area contributed by atoms with Crippen molar-refractivity contribution in [1.29, 1.82) is 0 Å². The van der Waals surface area contributed by atoms with Crippen LogP contribution in [0.4, 0.5) is 5.69 Å². The molecular formula is C10H9NO3. The van der Waals surface area contributed by atoms with Crippen LogP contribution in [0.1, 0.15) is 11.5 Å². The monoisotopic (exact) mass is 191 g/mol. The molecule has 72 valence electrons. The Kier molecular flexibility index (Phi) is 1.96. The molecule has 1 aromatic carbocycles. The van der Waals surface area contributed by atoms with Crippen LogP contribution in [0.15, 0.2) is 18.2 Å². The topological polar surface area (TPSA) is 55.4 Å². The molecule has 4 nitrogen and oxygen atoms in total. The highest BCUT2D eigenvalue weighted by Crippen LogP contribution is 2.33. The number of anilines is 1.